The molecule has 0 aliphatic heterocycles. The topological polar surface area (TPSA) is 54.3 Å². The molecule has 2 aromatic carbocycles. The zero-order chi connectivity index (χ0) is 15.7. The summed E-state index contributed by atoms with van der Waals surface area (Å²) in [5, 5.41) is 12.4. The number of para-hydroxylation sites is 1. The second-order valence-corrected chi connectivity index (χ2v) is 5.35. The van der Waals surface area contributed by atoms with Gasteiger partial charge in [-0.1, -0.05) is 48.5 Å². The summed E-state index contributed by atoms with van der Waals surface area (Å²) in [4.78, 5) is 10.8. The number of amides is 1. The number of hydrogen-bond acceptors (Lipinski definition) is 1. The maximum Gasteiger partial charge on any atom is 0.404 e. The van der Waals surface area contributed by atoms with Gasteiger partial charge in [0, 0.05) is 30.2 Å². The molecule has 1 aromatic heterocycles. The Hall–Kier alpha value is -2.75. The molecular formula is C18H18N2O2. The Morgan fingerprint density at radius 2 is 1.86 bits per heavy atom. The lowest BCUT2D eigenvalue weighted by atomic mass is 10.0. The summed E-state index contributed by atoms with van der Waals surface area (Å²) in [5.74, 6) is 0. The third-order valence-electron chi connectivity index (χ3n) is 4.14. The van der Waals surface area contributed by atoms with Crippen molar-refractivity contribution in [3.05, 3.63) is 59.8 Å². The average Bonchev–Trinajstić information content (AvgIpc) is 2.78. The van der Waals surface area contributed by atoms with Crippen molar-refractivity contribution in [3.63, 3.8) is 0 Å². The first-order valence-electron chi connectivity index (χ1n) is 7.18. The molecule has 0 aliphatic rings. The fourth-order valence-electron chi connectivity index (χ4n) is 2.95. The van der Waals surface area contributed by atoms with E-state index in [0.717, 1.165) is 33.3 Å². The molecule has 2 N–H and O–H groups in total. The first kappa shape index (κ1) is 14.2. The van der Waals surface area contributed by atoms with Crippen LogP contribution in [-0.4, -0.2) is 15.8 Å². The lowest BCUT2D eigenvalue weighted by Crippen LogP contribution is -2.20. The van der Waals surface area contributed by atoms with Gasteiger partial charge >= 0.3 is 6.09 Å². The summed E-state index contributed by atoms with van der Waals surface area (Å²) in [6.45, 7) is 2.34. The van der Waals surface area contributed by atoms with E-state index in [1.54, 1.807) is 0 Å². The van der Waals surface area contributed by atoms with E-state index in [2.05, 4.69) is 28.1 Å². The predicted octanol–water partition coefficient (Wildman–Crippen LogP) is 3.92. The van der Waals surface area contributed by atoms with Crippen molar-refractivity contribution in [2.24, 2.45) is 7.05 Å². The number of carboxylic acid groups (broad SMARTS) is 1. The van der Waals surface area contributed by atoms with Crippen molar-refractivity contribution in [1.82, 2.24) is 9.88 Å². The largest absolute Gasteiger partial charge is 0.465 e. The molecular weight excluding hydrogens is 276 g/mol. The second-order valence-electron chi connectivity index (χ2n) is 5.35. The number of benzene rings is 2. The van der Waals surface area contributed by atoms with Crippen molar-refractivity contribution in [1.29, 1.82) is 0 Å². The van der Waals surface area contributed by atoms with Gasteiger partial charge in [-0.15, -0.1) is 0 Å². The molecule has 1 amide bonds. The molecule has 0 fully saturated rings. The van der Waals surface area contributed by atoms with E-state index in [0.29, 0.717) is 6.54 Å². The number of nitrogens with one attached hydrogen (secondary N) is 1. The Morgan fingerprint density at radius 1 is 1.14 bits per heavy atom. The van der Waals surface area contributed by atoms with Crippen LogP contribution < -0.4 is 5.32 Å². The molecule has 0 saturated carbocycles. The molecule has 112 valence electrons. The van der Waals surface area contributed by atoms with Gasteiger partial charge in [-0.2, -0.15) is 0 Å². The van der Waals surface area contributed by atoms with Gasteiger partial charge in [0.1, 0.15) is 0 Å². The van der Waals surface area contributed by atoms with Crippen LogP contribution in [0, 0.1) is 6.92 Å². The van der Waals surface area contributed by atoms with Crippen LogP contribution in [0.5, 0.6) is 0 Å². The molecule has 0 unspecified atom stereocenters. The fraction of sp³-hybridized carbons (Fsp3) is 0.167. The minimum absolute atomic E-state index is 0.316. The van der Waals surface area contributed by atoms with Crippen molar-refractivity contribution in [2.75, 3.05) is 0 Å². The highest BCUT2D eigenvalue weighted by Crippen LogP contribution is 2.33. The van der Waals surface area contributed by atoms with E-state index in [4.69, 9.17) is 5.11 Å². The number of nitrogens with zero attached hydrogens (tertiary/aromatic N) is 1. The molecule has 3 aromatic rings. The summed E-state index contributed by atoms with van der Waals surface area (Å²) in [6, 6.07) is 16.4. The fourth-order valence-corrected chi connectivity index (χ4v) is 2.95. The van der Waals surface area contributed by atoms with Gasteiger partial charge in [-0.25, -0.2) is 4.79 Å². The van der Waals surface area contributed by atoms with E-state index in [-0.39, 0.29) is 0 Å². The third-order valence-corrected chi connectivity index (χ3v) is 4.14. The van der Waals surface area contributed by atoms with Crippen molar-refractivity contribution in [2.45, 2.75) is 13.5 Å². The minimum Gasteiger partial charge on any atom is -0.465 e. The lowest BCUT2D eigenvalue weighted by molar-refractivity contribution is 0.194. The van der Waals surface area contributed by atoms with Crippen LogP contribution in [-0.2, 0) is 13.6 Å². The Kier molecular flexibility index (Phi) is 3.59. The summed E-state index contributed by atoms with van der Waals surface area (Å²) >= 11 is 0. The van der Waals surface area contributed by atoms with Crippen LogP contribution in [0.3, 0.4) is 0 Å². The monoisotopic (exact) mass is 294 g/mol. The predicted molar refractivity (Wildman–Crippen MR) is 88.0 cm³/mol. The molecule has 22 heavy (non-hydrogen) atoms. The maximum absolute atomic E-state index is 10.8. The second kappa shape index (κ2) is 5.56. The summed E-state index contributed by atoms with van der Waals surface area (Å²) in [5.41, 5.74) is 5.55. The average molecular weight is 294 g/mol. The van der Waals surface area contributed by atoms with Gasteiger partial charge in [-0.3, -0.25) is 0 Å². The number of fused-ring (bicyclic) bond motifs is 1. The molecule has 0 saturated heterocycles. The number of rotatable bonds is 3. The van der Waals surface area contributed by atoms with Gasteiger partial charge in [0.2, 0.25) is 0 Å². The van der Waals surface area contributed by atoms with Crippen molar-refractivity contribution < 1.29 is 9.90 Å². The van der Waals surface area contributed by atoms with Gasteiger partial charge in [0.15, 0.2) is 0 Å². The summed E-state index contributed by atoms with van der Waals surface area (Å²) < 4.78 is 2.14. The first-order valence-corrected chi connectivity index (χ1v) is 7.18. The van der Waals surface area contributed by atoms with E-state index in [9.17, 15) is 4.79 Å². The molecule has 1 heterocycles. The van der Waals surface area contributed by atoms with E-state index in [1.165, 1.54) is 0 Å². The molecule has 0 bridgehead atoms. The first-order chi connectivity index (χ1) is 10.6. The number of aryl methyl sites for hydroxylation is 1. The molecule has 0 spiro atoms. The number of aromatic nitrogens is 1. The summed E-state index contributed by atoms with van der Waals surface area (Å²) in [7, 11) is 2.02. The van der Waals surface area contributed by atoms with E-state index in [1.807, 2.05) is 44.3 Å². The lowest BCUT2D eigenvalue weighted by Gasteiger charge is -2.07. The number of carbonyl (C=O) groups is 1. The standard InChI is InChI=1S/C18H18N2O2/c1-12-16(11-19-18(21)22)15-10-6-9-14(17(15)20(12)2)13-7-4-3-5-8-13/h3-10,19H,11H2,1-2H3,(H,21,22). The maximum atomic E-state index is 10.8. The minimum atomic E-state index is -1.00. The zero-order valence-electron chi connectivity index (χ0n) is 12.6. The van der Waals surface area contributed by atoms with Crippen LogP contribution in [0.15, 0.2) is 48.5 Å². The highest BCUT2D eigenvalue weighted by Gasteiger charge is 2.15. The Bertz CT molecular complexity index is 835. The van der Waals surface area contributed by atoms with Crippen LogP contribution in [0.4, 0.5) is 4.79 Å². The van der Waals surface area contributed by atoms with Crippen LogP contribution in [0.2, 0.25) is 0 Å². The van der Waals surface area contributed by atoms with Crippen molar-refractivity contribution >= 4 is 17.0 Å². The van der Waals surface area contributed by atoms with Crippen LogP contribution in [0.25, 0.3) is 22.0 Å². The van der Waals surface area contributed by atoms with E-state index >= 15 is 0 Å². The van der Waals surface area contributed by atoms with Crippen LogP contribution in [0.1, 0.15) is 11.3 Å². The van der Waals surface area contributed by atoms with Gasteiger partial charge < -0.3 is 15.0 Å². The Labute approximate surface area is 129 Å². The van der Waals surface area contributed by atoms with Crippen LogP contribution >= 0.6 is 0 Å². The molecule has 0 aliphatic carbocycles. The summed E-state index contributed by atoms with van der Waals surface area (Å²) in [6.07, 6.45) is -1.00. The molecule has 4 heteroatoms. The van der Waals surface area contributed by atoms with E-state index < -0.39 is 6.09 Å². The molecule has 0 radical (unpaired) electrons. The van der Waals surface area contributed by atoms with Gasteiger partial charge in [0.05, 0.1) is 5.52 Å². The number of hydrogen-bond donors (Lipinski definition) is 2. The SMILES string of the molecule is Cc1c(CNC(=O)O)c2cccc(-c3ccccc3)c2n1C. The highest BCUT2D eigenvalue weighted by atomic mass is 16.4. The van der Waals surface area contributed by atoms with Gasteiger partial charge in [-0.05, 0) is 18.1 Å². The quantitative estimate of drug-likeness (QED) is 0.769. The molecule has 3 rings (SSSR count). The highest BCUT2D eigenvalue weighted by molar-refractivity contribution is 5.97. The van der Waals surface area contributed by atoms with Crippen molar-refractivity contribution in [3.8, 4) is 11.1 Å². The normalized spacial score (nSPS) is 10.8. The third kappa shape index (κ3) is 2.33. The molecule has 0 atom stereocenters. The molecule has 4 nitrogen and oxygen atoms in total. The smallest absolute Gasteiger partial charge is 0.404 e. The Morgan fingerprint density at radius 3 is 2.55 bits per heavy atom. The van der Waals surface area contributed by atoms with Gasteiger partial charge in [0.25, 0.3) is 0 Å². The Balaban J connectivity index is 2.21. The zero-order valence-corrected chi connectivity index (χ0v) is 12.6.